The second-order valence-electron chi connectivity index (χ2n) is 9.23. The molecular formula is C29H25ClN6O3S. The molecule has 202 valence electrons. The largest absolute Gasteiger partial charge is 0.478 e. The molecule has 2 aromatic carbocycles. The van der Waals surface area contributed by atoms with Gasteiger partial charge in [-0.15, -0.1) is 21.5 Å². The first-order chi connectivity index (χ1) is 19.2. The maximum atomic E-state index is 13.3. The molecule has 1 amide bonds. The van der Waals surface area contributed by atoms with E-state index in [1.54, 1.807) is 11.3 Å². The van der Waals surface area contributed by atoms with E-state index in [0.29, 0.717) is 22.4 Å². The molecule has 1 atom stereocenters. The minimum atomic E-state index is -1.12. The van der Waals surface area contributed by atoms with Gasteiger partial charge in [0.2, 0.25) is 5.91 Å². The lowest BCUT2D eigenvalue weighted by atomic mass is 9.99. The Morgan fingerprint density at radius 3 is 2.60 bits per heavy atom. The molecule has 1 aliphatic heterocycles. The van der Waals surface area contributed by atoms with Crippen molar-refractivity contribution in [3.63, 3.8) is 0 Å². The number of aliphatic imine (C=N–C) groups is 1. The number of hydrogen-bond acceptors (Lipinski definition) is 7. The van der Waals surface area contributed by atoms with Crippen LogP contribution in [0.15, 0.2) is 47.5 Å². The van der Waals surface area contributed by atoms with Crippen LogP contribution in [-0.4, -0.2) is 44.0 Å². The van der Waals surface area contributed by atoms with Gasteiger partial charge in [-0.3, -0.25) is 14.4 Å². The number of nitrogens with one attached hydrogen (secondary N) is 1. The number of carbonyl (C=O) groups is 2. The van der Waals surface area contributed by atoms with E-state index >= 15 is 0 Å². The van der Waals surface area contributed by atoms with Gasteiger partial charge in [-0.05, 0) is 56.7 Å². The smallest absolute Gasteiger partial charge is 0.336 e. The van der Waals surface area contributed by atoms with E-state index in [4.69, 9.17) is 22.3 Å². The lowest BCUT2D eigenvalue weighted by Gasteiger charge is -2.13. The lowest BCUT2D eigenvalue weighted by Crippen LogP contribution is -2.17. The molecule has 0 saturated heterocycles. The monoisotopic (exact) mass is 572 g/mol. The highest BCUT2D eigenvalue weighted by Gasteiger charge is 2.32. The first-order valence-corrected chi connectivity index (χ1v) is 13.6. The average Bonchev–Trinajstić information content (AvgIpc) is 3.40. The van der Waals surface area contributed by atoms with E-state index < -0.39 is 12.0 Å². The Hall–Kier alpha value is -4.30. The zero-order valence-corrected chi connectivity index (χ0v) is 23.5. The van der Waals surface area contributed by atoms with Crippen LogP contribution in [0, 0.1) is 32.6 Å². The van der Waals surface area contributed by atoms with Crippen molar-refractivity contribution in [2.24, 2.45) is 10.7 Å². The van der Waals surface area contributed by atoms with E-state index in [9.17, 15) is 14.7 Å². The van der Waals surface area contributed by atoms with Crippen molar-refractivity contribution in [2.75, 3.05) is 11.9 Å². The van der Waals surface area contributed by atoms with Crippen molar-refractivity contribution in [2.45, 2.75) is 33.2 Å². The van der Waals surface area contributed by atoms with E-state index in [0.717, 1.165) is 32.3 Å². The number of hydrogen-bond donors (Lipinski definition) is 3. The molecule has 0 aliphatic carbocycles. The maximum absolute atomic E-state index is 13.3. The summed E-state index contributed by atoms with van der Waals surface area (Å²) in [5.41, 5.74) is 9.86. The Labute approximate surface area is 239 Å². The summed E-state index contributed by atoms with van der Waals surface area (Å²) < 4.78 is 1.98. The van der Waals surface area contributed by atoms with Gasteiger partial charge in [0.25, 0.3) is 0 Å². The third-order valence-electron chi connectivity index (χ3n) is 6.59. The van der Waals surface area contributed by atoms with Crippen LogP contribution in [0.5, 0.6) is 0 Å². The van der Waals surface area contributed by atoms with Gasteiger partial charge in [0, 0.05) is 32.3 Å². The Balaban J connectivity index is 1.55. The maximum Gasteiger partial charge on any atom is 0.336 e. The van der Waals surface area contributed by atoms with Crippen LogP contribution in [0.25, 0.3) is 5.00 Å². The van der Waals surface area contributed by atoms with Crippen molar-refractivity contribution in [1.82, 2.24) is 14.8 Å². The van der Waals surface area contributed by atoms with Crippen molar-refractivity contribution < 1.29 is 14.7 Å². The number of halogens is 1. The number of anilines is 1. The van der Waals surface area contributed by atoms with Crippen molar-refractivity contribution in [3.05, 3.63) is 91.8 Å². The summed E-state index contributed by atoms with van der Waals surface area (Å²) in [6.45, 7) is 6.09. The molecule has 11 heteroatoms. The van der Waals surface area contributed by atoms with Crippen LogP contribution >= 0.6 is 22.9 Å². The zero-order valence-electron chi connectivity index (χ0n) is 21.9. The molecule has 0 bridgehead atoms. The zero-order chi connectivity index (χ0) is 28.6. The number of fused-ring (bicyclic) bond motifs is 3. The topological polar surface area (TPSA) is 135 Å². The Bertz CT molecular complexity index is 1740. The molecule has 4 N–H and O–H groups in total. The number of aryl methyl sites for hydroxylation is 2. The Kier molecular flexibility index (Phi) is 7.54. The highest BCUT2D eigenvalue weighted by molar-refractivity contribution is 7.15. The first kappa shape index (κ1) is 27.3. The van der Waals surface area contributed by atoms with Gasteiger partial charge in [0.1, 0.15) is 16.9 Å². The van der Waals surface area contributed by atoms with Crippen LogP contribution in [0.1, 0.15) is 61.6 Å². The fourth-order valence-electron chi connectivity index (χ4n) is 4.58. The van der Waals surface area contributed by atoms with Crippen molar-refractivity contribution >= 4 is 46.2 Å². The summed E-state index contributed by atoms with van der Waals surface area (Å²) in [5.74, 6) is 5.24. The minimum Gasteiger partial charge on any atom is -0.478 e. The van der Waals surface area contributed by atoms with Gasteiger partial charge in [0.15, 0.2) is 5.82 Å². The molecular weight excluding hydrogens is 548 g/mol. The van der Waals surface area contributed by atoms with Crippen LogP contribution in [0.4, 0.5) is 5.69 Å². The number of thiophene rings is 1. The average molecular weight is 573 g/mol. The van der Waals surface area contributed by atoms with Gasteiger partial charge in [-0.2, -0.15) is 0 Å². The highest BCUT2D eigenvalue weighted by Crippen LogP contribution is 2.39. The number of rotatable bonds is 5. The number of carboxylic acid groups (broad SMARTS) is 1. The predicted molar refractivity (Wildman–Crippen MR) is 156 cm³/mol. The molecule has 0 unspecified atom stereocenters. The quantitative estimate of drug-likeness (QED) is 0.293. The van der Waals surface area contributed by atoms with Crippen molar-refractivity contribution in [1.29, 1.82) is 0 Å². The molecule has 0 spiro atoms. The molecule has 0 radical (unpaired) electrons. The number of aromatic nitrogens is 3. The van der Waals surface area contributed by atoms with Crippen LogP contribution < -0.4 is 11.1 Å². The van der Waals surface area contributed by atoms with Gasteiger partial charge < -0.3 is 16.2 Å². The second-order valence-corrected chi connectivity index (χ2v) is 10.9. The number of benzene rings is 2. The summed E-state index contributed by atoms with van der Waals surface area (Å²) in [6, 6.07) is 11.3. The van der Waals surface area contributed by atoms with Gasteiger partial charge >= 0.3 is 5.97 Å². The van der Waals surface area contributed by atoms with Gasteiger partial charge in [0.05, 0.1) is 24.2 Å². The summed E-state index contributed by atoms with van der Waals surface area (Å²) in [7, 11) is 0. The molecule has 5 rings (SSSR count). The molecule has 1 aliphatic rings. The summed E-state index contributed by atoms with van der Waals surface area (Å²) in [5, 5.41) is 22.7. The number of carbonyl (C=O) groups excluding carboxylic acids is 1. The fourth-order valence-corrected chi connectivity index (χ4v) is 5.92. The summed E-state index contributed by atoms with van der Waals surface area (Å²) in [4.78, 5) is 31.2. The Morgan fingerprint density at radius 2 is 1.90 bits per heavy atom. The molecule has 2 aromatic heterocycles. The molecule has 9 nitrogen and oxygen atoms in total. The number of carboxylic acids is 1. The lowest BCUT2D eigenvalue weighted by molar-refractivity contribution is -0.116. The molecule has 3 heterocycles. The standard InChI is InChI=1S/C29H25ClN6O3S/c1-15-16(2)40-28-25(15)26(18-6-8-20(30)9-7-18)33-23(27-35-34-17(3)36(27)28)14-24(37)32-21-10-11-22(29(38)39)19(13-21)5-4-12-31/h6-11,13,23H,12,14,31H2,1-3H3,(H,32,37)(H,38,39)/t23-/m0/s1. The van der Waals surface area contributed by atoms with E-state index in [1.165, 1.54) is 18.2 Å². The van der Waals surface area contributed by atoms with Crippen LogP contribution in [0.3, 0.4) is 0 Å². The predicted octanol–water partition coefficient (Wildman–Crippen LogP) is 4.84. The minimum absolute atomic E-state index is 0.0211. The third kappa shape index (κ3) is 5.14. The normalized spacial score (nSPS) is 13.8. The molecule has 0 fully saturated rings. The van der Waals surface area contributed by atoms with Gasteiger partial charge in [-0.1, -0.05) is 35.6 Å². The van der Waals surface area contributed by atoms with E-state index in [2.05, 4.69) is 41.2 Å². The molecule has 0 saturated carbocycles. The third-order valence-corrected chi connectivity index (χ3v) is 8.04. The SMILES string of the molecule is Cc1sc2c(c1C)C(c1ccc(Cl)cc1)=N[C@@H](CC(=O)Nc1ccc(C(=O)O)c(C#CCN)c1)c1nnc(C)n1-2. The first-order valence-electron chi connectivity index (χ1n) is 12.4. The molecule has 4 aromatic rings. The van der Waals surface area contributed by atoms with Crippen molar-refractivity contribution in [3.8, 4) is 16.8 Å². The van der Waals surface area contributed by atoms with Crippen LogP contribution in [-0.2, 0) is 4.79 Å². The number of nitrogens with zero attached hydrogens (tertiary/aromatic N) is 4. The number of amides is 1. The Morgan fingerprint density at radius 1 is 1.15 bits per heavy atom. The van der Waals surface area contributed by atoms with Crippen LogP contribution in [0.2, 0.25) is 5.02 Å². The second kappa shape index (κ2) is 11.1. The van der Waals surface area contributed by atoms with E-state index in [-0.39, 0.29) is 30.0 Å². The summed E-state index contributed by atoms with van der Waals surface area (Å²) in [6.07, 6.45) is -0.0211. The summed E-state index contributed by atoms with van der Waals surface area (Å²) >= 11 is 7.81. The van der Waals surface area contributed by atoms with Gasteiger partial charge in [-0.25, -0.2) is 4.79 Å². The van der Waals surface area contributed by atoms with E-state index in [1.807, 2.05) is 35.8 Å². The number of nitrogens with two attached hydrogens (primary N) is 1. The highest BCUT2D eigenvalue weighted by atomic mass is 35.5. The molecule has 40 heavy (non-hydrogen) atoms. The fraction of sp³-hybridized carbons (Fsp3) is 0.207. The number of aromatic carboxylic acids is 1.